The Morgan fingerprint density at radius 2 is 2.03 bits per heavy atom. The van der Waals surface area contributed by atoms with Crippen LogP contribution in [-0.4, -0.2) is 41.8 Å². The fourth-order valence-corrected chi connectivity index (χ4v) is 4.46. The molecule has 2 aromatic carbocycles. The number of rotatable bonds is 4. The van der Waals surface area contributed by atoms with Gasteiger partial charge in [0.2, 0.25) is 11.8 Å². The van der Waals surface area contributed by atoms with Gasteiger partial charge < -0.3 is 20.3 Å². The number of anilines is 1. The normalized spacial score (nSPS) is 20.5. The molecule has 2 aromatic rings. The average Bonchev–Trinajstić information content (AvgIpc) is 2.94. The lowest BCUT2D eigenvalue weighted by atomic mass is 10.0. The van der Waals surface area contributed by atoms with E-state index in [1.807, 2.05) is 30.3 Å². The Kier molecular flexibility index (Phi) is 5.07. The van der Waals surface area contributed by atoms with Crippen LogP contribution in [0.25, 0.3) is 0 Å². The number of piperidine rings is 1. The molecule has 1 fully saturated rings. The molecule has 160 valence electrons. The highest BCUT2D eigenvalue weighted by atomic mass is 16.5. The molecule has 31 heavy (non-hydrogen) atoms. The summed E-state index contributed by atoms with van der Waals surface area (Å²) < 4.78 is 5.73. The smallest absolute Gasteiger partial charge is 0.255 e. The number of nitrogens with zero attached hydrogens (tertiary/aromatic N) is 1. The minimum atomic E-state index is -0.601. The predicted octanol–water partition coefficient (Wildman–Crippen LogP) is 1.54. The summed E-state index contributed by atoms with van der Waals surface area (Å²) in [5, 5.41) is 9.09. The number of nitrogens with one attached hydrogen (secondary N) is 3. The summed E-state index contributed by atoms with van der Waals surface area (Å²) in [4.78, 5) is 38.5. The Labute approximate surface area is 179 Å². The maximum atomic E-state index is 13.2. The molecule has 0 radical (unpaired) electrons. The van der Waals surface area contributed by atoms with Crippen LogP contribution in [0, 0.1) is 0 Å². The van der Waals surface area contributed by atoms with Crippen molar-refractivity contribution in [3.05, 3.63) is 58.7 Å². The van der Waals surface area contributed by atoms with Crippen LogP contribution >= 0.6 is 0 Å². The van der Waals surface area contributed by atoms with E-state index in [4.69, 9.17) is 4.74 Å². The van der Waals surface area contributed by atoms with E-state index in [-0.39, 0.29) is 18.2 Å². The van der Waals surface area contributed by atoms with Crippen molar-refractivity contribution in [3.63, 3.8) is 0 Å². The van der Waals surface area contributed by atoms with E-state index in [1.54, 1.807) is 4.90 Å². The number of carbonyl (C=O) groups excluding carboxylic acids is 3. The minimum absolute atomic E-state index is 0.151. The van der Waals surface area contributed by atoms with Crippen molar-refractivity contribution >= 4 is 23.4 Å². The van der Waals surface area contributed by atoms with Crippen molar-refractivity contribution in [1.29, 1.82) is 0 Å². The predicted molar refractivity (Wildman–Crippen MR) is 113 cm³/mol. The summed E-state index contributed by atoms with van der Waals surface area (Å²) >= 11 is 0. The van der Waals surface area contributed by atoms with Crippen LogP contribution in [-0.2, 0) is 29.2 Å². The van der Waals surface area contributed by atoms with E-state index in [0.717, 1.165) is 41.2 Å². The molecule has 0 aliphatic carbocycles. The molecule has 8 nitrogen and oxygen atoms in total. The number of hydrogen-bond donors (Lipinski definition) is 3. The van der Waals surface area contributed by atoms with Crippen molar-refractivity contribution in [2.75, 3.05) is 18.5 Å². The number of hydrogen-bond acceptors (Lipinski definition) is 6. The number of carbonyl (C=O) groups is 3. The first-order valence-electron chi connectivity index (χ1n) is 10.6. The van der Waals surface area contributed by atoms with Crippen LogP contribution in [0.2, 0.25) is 0 Å². The number of fused-ring (bicyclic) bond motifs is 2. The summed E-state index contributed by atoms with van der Waals surface area (Å²) in [6.45, 7) is 3.10. The molecule has 1 atom stereocenters. The zero-order valence-corrected chi connectivity index (χ0v) is 17.1. The fraction of sp³-hybridized carbons (Fsp3) is 0.348. The second-order valence-corrected chi connectivity index (χ2v) is 8.05. The van der Waals surface area contributed by atoms with Gasteiger partial charge in [-0.25, -0.2) is 0 Å². The third-order valence-corrected chi connectivity index (χ3v) is 6.03. The molecule has 3 N–H and O–H groups in total. The quantitative estimate of drug-likeness (QED) is 0.649. The lowest BCUT2D eigenvalue weighted by Crippen LogP contribution is -2.52. The molecule has 0 saturated carbocycles. The van der Waals surface area contributed by atoms with Crippen LogP contribution < -0.4 is 20.7 Å². The van der Waals surface area contributed by atoms with Gasteiger partial charge in [0.1, 0.15) is 18.4 Å². The molecule has 3 heterocycles. The number of amides is 3. The summed E-state index contributed by atoms with van der Waals surface area (Å²) in [6, 6.07) is 11.2. The number of benzene rings is 2. The molecule has 0 spiro atoms. The Balaban J connectivity index is 1.33. The lowest BCUT2D eigenvalue weighted by molar-refractivity contribution is -0.136. The Bertz CT molecular complexity index is 1070. The molecule has 0 aromatic heterocycles. The molecule has 1 saturated heterocycles. The SMILES string of the molecule is O=C1CCC(N2Cc3cccc(CNc4ccc5c(c4)CNCCO5)c3C2=O)C(=O)N1. The second-order valence-electron chi connectivity index (χ2n) is 8.05. The Morgan fingerprint density at radius 1 is 1.13 bits per heavy atom. The molecule has 8 heteroatoms. The minimum Gasteiger partial charge on any atom is -0.492 e. The molecular weight excluding hydrogens is 396 g/mol. The average molecular weight is 420 g/mol. The number of ether oxygens (including phenoxy) is 1. The van der Waals surface area contributed by atoms with E-state index < -0.39 is 11.9 Å². The lowest BCUT2D eigenvalue weighted by Gasteiger charge is -2.29. The van der Waals surface area contributed by atoms with Gasteiger partial charge in [-0.3, -0.25) is 19.7 Å². The van der Waals surface area contributed by atoms with E-state index in [0.29, 0.717) is 31.7 Å². The summed E-state index contributed by atoms with van der Waals surface area (Å²) in [5.41, 5.74) is 4.51. The largest absolute Gasteiger partial charge is 0.492 e. The van der Waals surface area contributed by atoms with Crippen molar-refractivity contribution in [2.45, 2.75) is 38.5 Å². The first-order valence-corrected chi connectivity index (χ1v) is 10.6. The first kappa shape index (κ1) is 19.6. The van der Waals surface area contributed by atoms with Gasteiger partial charge in [-0.15, -0.1) is 0 Å². The zero-order valence-electron chi connectivity index (χ0n) is 17.1. The van der Waals surface area contributed by atoms with E-state index in [1.165, 1.54) is 0 Å². The standard InChI is InChI=1S/C23H24N4O4/c28-20-7-5-18(22(29)26-20)27-13-15-3-1-2-14(21(15)23(27)30)12-25-17-4-6-19-16(10-17)11-24-8-9-31-19/h1-4,6,10,18,24-25H,5,7-9,11-13H2,(H,26,28,29). The van der Waals surface area contributed by atoms with Crippen molar-refractivity contribution < 1.29 is 19.1 Å². The Hall–Kier alpha value is -3.39. The van der Waals surface area contributed by atoms with Gasteiger partial charge >= 0.3 is 0 Å². The van der Waals surface area contributed by atoms with Crippen molar-refractivity contribution in [3.8, 4) is 5.75 Å². The zero-order chi connectivity index (χ0) is 21.4. The molecule has 3 aliphatic rings. The van der Waals surface area contributed by atoms with Crippen LogP contribution in [0.3, 0.4) is 0 Å². The molecule has 3 aliphatic heterocycles. The third-order valence-electron chi connectivity index (χ3n) is 6.03. The van der Waals surface area contributed by atoms with E-state index in [2.05, 4.69) is 22.0 Å². The van der Waals surface area contributed by atoms with Gasteiger partial charge in [0.15, 0.2) is 0 Å². The highest BCUT2D eigenvalue weighted by Gasteiger charge is 2.39. The molecule has 5 rings (SSSR count). The number of imide groups is 1. The van der Waals surface area contributed by atoms with Crippen LogP contribution in [0.5, 0.6) is 5.75 Å². The van der Waals surface area contributed by atoms with Gasteiger partial charge in [0, 0.05) is 49.4 Å². The maximum absolute atomic E-state index is 13.2. The van der Waals surface area contributed by atoms with Gasteiger partial charge in [0.05, 0.1) is 0 Å². The molecule has 3 amide bonds. The van der Waals surface area contributed by atoms with Gasteiger partial charge in [-0.2, -0.15) is 0 Å². The molecular formula is C23H24N4O4. The van der Waals surface area contributed by atoms with Gasteiger partial charge in [-0.05, 0) is 35.7 Å². The highest BCUT2D eigenvalue weighted by Crippen LogP contribution is 2.31. The van der Waals surface area contributed by atoms with E-state index >= 15 is 0 Å². The van der Waals surface area contributed by atoms with Crippen molar-refractivity contribution in [2.24, 2.45) is 0 Å². The Morgan fingerprint density at radius 3 is 2.90 bits per heavy atom. The van der Waals surface area contributed by atoms with Crippen LogP contribution in [0.4, 0.5) is 5.69 Å². The second kappa shape index (κ2) is 8.03. The third kappa shape index (κ3) is 3.74. The first-order chi connectivity index (χ1) is 15.1. The summed E-state index contributed by atoms with van der Waals surface area (Å²) in [6.07, 6.45) is 0.616. The summed E-state index contributed by atoms with van der Waals surface area (Å²) in [7, 11) is 0. The van der Waals surface area contributed by atoms with Crippen molar-refractivity contribution in [1.82, 2.24) is 15.5 Å². The molecule has 0 bridgehead atoms. The maximum Gasteiger partial charge on any atom is 0.255 e. The monoisotopic (exact) mass is 420 g/mol. The van der Waals surface area contributed by atoms with Gasteiger partial charge in [-0.1, -0.05) is 18.2 Å². The summed E-state index contributed by atoms with van der Waals surface area (Å²) in [5.74, 6) is 0.0715. The van der Waals surface area contributed by atoms with Gasteiger partial charge in [0.25, 0.3) is 5.91 Å². The van der Waals surface area contributed by atoms with Crippen LogP contribution in [0.1, 0.15) is 39.9 Å². The fourth-order valence-electron chi connectivity index (χ4n) is 4.46. The van der Waals surface area contributed by atoms with E-state index in [9.17, 15) is 14.4 Å². The molecule has 1 unspecified atom stereocenters. The highest BCUT2D eigenvalue weighted by molar-refractivity contribution is 6.06. The van der Waals surface area contributed by atoms with Crippen LogP contribution in [0.15, 0.2) is 36.4 Å². The topological polar surface area (TPSA) is 99.8 Å².